The van der Waals surface area contributed by atoms with Crippen LogP contribution in [0.2, 0.25) is 0 Å². The average molecular weight is 214 g/mol. The Morgan fingerprint density at radius 3 is 2.79 bits per heavy atom. The summed E-state index contributed by atoms with van der Waals surface area (Å²) in [5.41, 5.74) is 0.785. The van der Waals surface area contributed by atoms with Crippen LogP contribution in [0.3, 0.4) is 0 Å². The Labute approximate surface area is 124 Å². The molecular weight excluding hydrogens is 207 g/mol. The fourth-order valence-electron chi connectivity index (χ4n) is 1.18. The van der Waals surface area contributed by atoms with E-state index in [4.69, 9.17) is 5.11 Å². The van der Waals surface area contributed by atoms with Crippen LogP contribution in [-0.2, 0) is 0 Å². The van der Waals surface area contributed by atoms with E-state index >= 15 is 0 Å². The van der Waals surface area contributed by atoms with Crippen molar-refractivity contribution in [1.82, 2.24) is 10.2 Å². The third-order valence-electron chi connectivity index (χ3n) is 1.78. The van der Waals surface area contributed by atoms with Crippen molar-refractivity contribution in [2.24, 2.45) is 0 Å². The molecule has 0 fully saturated rings. The Balaban J connectivity index is 0.000000980. The minimum absolute atomic E-state index is 0. The quantitative estimate of drug-likeness (QED) is 0.583. The summed E-state index contributed by atoms with van der Waals surface area (Å²) in [6.45, 7) is 0. The van der Waals surface area contributed by atoms with Crippen LogP contribution in [0.4, 0.5) is 0 Å². The molecule has 1 aromatic carbocycles. The van der Waals surface area contributed by atoms with E-state index < -0.39 is 5.97 Å². The molecule has 1 heterocycles. The van der Waals surface area contributed by atoms with Crippen molar-refractivity contribution in [3.63, 3.8) is 0 Å². The maximum absolute atomic E-state index is 10.7. The second-order valence-electron chi connectivity index (χ2n) is 2.58. The summed E-state index contributed by atoms with van der Waals surface area (Å²) in [7, 11) is 0. The Bertz CT molecular complexity index is 473. The number of carboxylic acids is 1. The summed E-state index contributed by atoms with van der Waals surface area (Å²) in [6, 6.07) is 7.02. The molecule has 0 saturated carbocycles. The van der Waals surface area contributed by atoms with Gasteiger partial charge in [0.1, 0.15) is 0 Å². The predicted octanol–water partition coefficient (Wildman–Crippen LogP) is -1.56. The van der Waals surface area contributed by atoms with E-state index in [1.54, 1.807) is 24.3 Å². The number of rotatable bonds is 1. The van der Waals surface area contributed by atoms with Crippen LogP contribution in [0.1, 0.15) is 11.8 Å². The Kier molecular flexibility index (Phi) is 4.15. The first-order valence-electron chi connectivity index (χ1n) is 3.73. The van der Waals surface area contributed by atoms with Crippen LogP contribution in [-0.4, -0.2) is 21.3 Å². The van der Waals surface area contributed by atoms with E-state index in [1.807, 2.05) is 0 Å². The van der Waals surface area contributed by atoms with Gasteiger partial charge in [-0.25, -0.2) is 4.79 Å². The summed E-state index contributed by atoms with van der Waals surface area (Å²) >= 11 is 0. The molecule has 0 amide bonds. The minimum Gasteiger partial charge on any atom is -1.00 e. The molecule has 0 radical (unpaired) electrons. The van der Waals surface area contributed by atoms with Gasteiger partial charge in [-0.2, -0.15) is 10.2 Å². The molecule has 14 heavy (non-hydrogen) atoms. The first-order chi connectivity index (χ1) is 6.29. The molecule has 2 rings (SSSR count). The molecule has 0 atom stereocenters. The molecule has 0 saturated heterocycles. The number of aromatic nitrogens is 2. The maximum atomic E-state index is 10.7. The van der Waals surface area contributed by atoms with E-state index in [2.05, 4.69) is 10.2 Å². The number of carbonyl (C=O) groups is 1. The Morgan fingerprint density at radius 2 is 2.07 bits per heavy atom. The normalized spacial score (nSPS) is 9.43. The van der Waals surface area contributed by atoms with Crippen molar-refractivity contribution in [2.75, 3.05) is 0 Å². The molecule has 0 aliphatic rings. The Morgan fingerprint density at radius 1 is 1.36 bits per heavy atom. The predicted molar refractivity (Wildman–Crippen MR) is 47.6 cm³/mol. The third-order valence-corrected chi connectivity index (χ3v) is 1.78. The number of aromatic carboxylic acids is 1. The molecule has 0 aliphatic carbocycles. The van der Waals surface area contributed by atoms with E-state index in [1.165, 1.54) is 6.20 Å². The number of nitrogens with zero attached hydrogens (tertiary/aromatic N) is 2. The maximum Gasteiger partial charge on any atom is 1.00 e. The Hall–Kier alpha value is -0.334. The summed E-state index contributed by atoms with van der Waals surface area (Å²) in [5.74, 6) is -0.980. The van der Waals surface area contributed by atoms with Gasteiger partial charge in [0.25, 0.3) is 0 Å². The first kappa shape index (κ1) is 11.7. The van der Waals surface area contributed by atoms with Crippen molar-refractivity contribution in [2.45, 2.75) is 0 Å². The first-order valence-corrected chi connectivity index (χ1v) is 3.73. The van der Waals surface area contributed by atoms with Crippen molar-refractivity contribution in [3.8, 4) is 0 Å². The fraction of sp³-hybridized carbons (Fsp3) is 0. The standard InChI is InChI=1S/C9H6N2O2.K.H/c12-9(13)7-5-10-11-8-4-2-1-3-6(7)8;;/h1-5H,(H,12,13);;/q;+1;-1. The van der Waals surface area contributed by atoms with Crippen LogP contribution in [0.5, 0.6) is 0 Å². The minimum atomic E-state index is -0.980. The summed E-state index contributed by atoms with van der Waals surface area (Å²) in [4.78, 5) is 10.7. The largest absolute Gasteiger partial charge is 1.00 e. The molecular formula is C9H7KN2O2. The average Bonchev–Trinajstić information content (AvgIpc) is 2.17. The van der Waals surface area contributed by atoms with Gasteiger partial charge < -0.3 is 6.53 Å². The van der Waals surface area contributed by atoms with Crippen LogP contribution >= 0.6 is 0 Å². The fourth-order valence-corrected chi connectivity index (χ4v) is 1.18. The molecule has 0 unspecified atom stereocenters. The van der Waals surface area contributed by atoms with Gasteiger partial charge in [-0.3, -0.25) is 0 Å². The molecule has 2 aromatic rings. The van der Waals surface area contributed by atoms with Gasteiger partial charge >= 0.3 is 57.4 Å². The van der Waals surface area contributed by atoms with Crippen molar-refractivity contribution < 1.29 is 62.7 Å². The van der Waals surface area contributed by atoms with Gasteiger partial charge in [-0.15, -0.1) is 0 Å². The number of fused-ring (bicyclic) bond motifs is 1. The zero-order chi connectivity index (χ0) is 9.26. The molecule has 5 heteroatoms. The second kappa shape index (κ2) is 4.95. The third kappa shape index (κ3) is 2.18. The molecule has 0 bridgehead atoms. The molecule has 0 aliphatic heterocycles. The second-order valence-corrected chi connectivity index (χ2v) is 2.58. The molecule has 1 N–H and O–H groups in total. The zero-order valence-electron chi connectivity index (χ0n) is 8.64. The van der Waals surface area contributed by atoms with Gasteiger partial charge in [-0.1, -0.05) is 18.2 Å². The summed E-state index contributed by atoms with van der Waals surface area (Å²) in [5, 5.41) is 16.8. The number of benzene rings is 1. The zero-order valence-corrected chi connectivity index (χ0v) is 10.8. The topological polar surface area (TPSA) is 63.1 Å². The van der Waals surface area contributed by atoms with Crippen LogP contribution in [0.25, 0.3) is 10.9 Å². The van der Waals surface area contributed by atoms with E-state index in [0.717, 1.165) is 0 Å². The van der Waals surface area contributed by atoms with Gasteiger partial charge in [0, 0.05) is 5.39 Å². The van der Waals surface area contributed by atoms with E-state index in [9.17, 15) is 4.79 Å². The van der Waals surface area contributed by atoms with Gasteiger partial charge in [0.05, 0.1) is 17.3 Å². The summed E-state index contributed by atoms with van der Waals surface area (Å²) in [6.07, 6.45) is 1.25. The molecule has 0 spiro atoms. The van der Waals surface area contributed by atoms with Crippen LogP contribution in [0, 0.1) is 0 Å². The van der Waals surface area contributed by atoms with Gasteiger partial charge in [-0.05, 0) is 6.07 Å². The monoisotopic (exact) mass is 214 g/mol. The molecule has 66 valence electrons. The van der Waals surface area contributed by atoms with Crippen molar-refractivity contribution in [1.29, 1.82) is 0 Å². The smallest absolute Gasteiger partial charge is 1.00 e. The molecule has 1 aromatic heterocycles. The van der Waals surface area contributed by atoms with Gasteiger partial charge in [0.15, 0.2) is 0 Å². The number of hydrogen-bond donors (Lipinski definition) is 1. The van der Waals surface area contributed by atoms with Crippen molar-refractivity contribution in [3.05, 3.63) is 36.0 Å². The SMILES string of the molecule is O=C(O)c1cnnc2ccccc12.[H-].[K+]. The van der Waals surface area contributed by atoms with Crippen molar-refractivity contribution >= 4 is 16.9 Å². The number of carboxylic acid groups (broad SMARTS) is 1. The van der Waals surface area contributed by atoms with E-state index in [-0.39, 0.29) is 58.4 Å². The van der Waals surface area contributed by atoms with E-state index in [0.29, 0.717) is 10.9 Å². The van der Waals surface area contributed by atoms with Crippen LogP contribution < -0.4 is 51.4 Å². The molecule has 4 nitrogen and oxygen atoms in total. The van der Waals surface area contributed by atoms with Crippen LogP contribution in [0.15, 0.2) is 30.5 Å². The van der Waals surface area contributed by atoms with Gasteiger partial charge in [0.2, 0.25) is 0 Å². The summed E-state index contributed by atoms with van der Waals surface area (Å²) < 4.78 is 0. The number of hydrogen-bond acceptors (Lipinski definition) is 3.